The van der Waals surface area contributed by atoms with Crippen LogP contribution in [-0.2, 0) is 0 Å². The average Bonchev–Trinajstić information content (AvgIpc) is 2.83. The Kier molecular flexibility index (Phi) is 4.40. The number of ether oxygens (including phenoxy) is 1. The zero-order valence-electron chi connectivity index (χ0n) is 9.69. The molecule has 3 nitrogen and oxygen atoms in total. The van der Waals surface area contributed by atoms with E-state index in [2.05, 4.69) is 4.90 Å². The van der Waals surface area contributed by atoms with Crippen LogP contribution in [0.15, 0.2) is 24.3 Å². The Bertz CT molecular complexity index is 372. The van der Waals surface area contributed by atoms with Gasteiger partial charge in [-0.05, 0) is 61.8 Å². The van der Waals surface area contributed by atoms with E-state index in [1.165, 1.54) is 25.9 Å². The molecule has 4 heteroatoms. The summed E-state index contributed by atoms with van der Waals surface area (Å²) in [5.74, 6) is 0.783. The van der Waals surface area contributed by atoms with Gasteiger partial charge < -0.3 is 4.74 Å². The summed E-state index contributed by atoms with van der Waals surface area (Å²) < 4.78 is 5.61. The standard InChI is InChI=1S/C13H16ClNO2/c14-13(16)11-3-5-12(6-4-11)17-10-9-15-7-1-2-8-15/h3-6H,1-2,7-10H2. The number of carbonyl (C=O) groups is 1. The van der Waals surface area contributed by atoms with E-state index in [4.69, 9.17) is 16.3 Å². The number of benzene rings is 1. The highest BCUT2D eigenvalue weighted by molar-refractivity contribution is 6.67. The van der Waals surface area contributed by atoms with E-state index in [9.17, 15) is 4.79 Å². The molecule has 1 fully saturated rings. The third-order valence-corrected chi connectivity index (χ3v) is 3.17. The van der Waals surface area contributed by atoms with E-state index in [-0.39, 0.29) is 0 Å². The van der Waals surface area contributed by atoms with E-state index in [0.717, 1.165) is 12.3 Å². The third kappa shape index (κ3) is 3.72. The van der Waals surface area contributed by atoms with Gasteiger partial charge in [0.15, 0.2) is 0 Å². The molecule has 1 aliphatic rings. The van der Waals surface area contributed by atoms with Crippen LogP contribution in [0.5, 0.6) is 5.75 Å². The smallest absolute Gasteiger partial charge is 0.252 e. The number of likely N-dealkylation sites (tertiary alicyclic amines) is 1. The zero-order valence-corrected chi connectivity index (χ0v) is 10.4. The van der Waals surface area contributed by atoms with E-state index < -0.39 is 5.24 Å². The number of nitrogens with zero attached hydrogens (tertiary/aromatic N) is 1. The fourth-order valence-corrected chi connectivity index (χ4v) is 2.11. The first kappa shape index (κ1) is 12.4. The predicted octanol–water partition coefficient (Wildman–Crippen LogP) is 2.54. The van der Waals surface area contributed by atoms with Crippen molar-refractivity contribution < 1.29 is 9.53 Å². The highest BCUT2D eigenvalue weighted by Crippen LogP contribution is 2.14. The summed E-state index contributed by atoms with van der Waals surface area (Å²) in [7, 11) is 0. The highest BCUT2D eigenvalue weighted by Gasteiger charge is 2.10. The molecule has 0 radical (unpaired) electrons. The van der Waals surface area contributed by atoms with Crippen molar-refractivity contribution in [1.29, 1.82) is 0 Å². The maximum Gasteiger partial charge on any atom is 0.252 e. The number of halogens is 1. The van der Waals surface area contributed by atoms with Gasteiger partial charge in [0.1, 0.15) is 12.4 Å². The molecule has 1 aromatic carbocycles. The van der Waals surface area contributed by atoms with Crippen molar-refractivity contribution in [2.75, 3.05) is 26.2 Å². The fraction of sp³-hybridized carbons (Fsp3) is 0.462. The van der Waals surface area contributed by atoms with Gasteiger partial charge in [-0.15, -0.1) is 0 Å². The van der Waals surface area contributed by atoms with E-state index >= 15 is 0 Å². The van der Waals surface area contributed by atoms with Crippen molar-refractivity contribution in [2.24, 2.45) is 0 Å². The molecule has 0 bridgehead atoms. The minimum Gasteiger partial charge on any atom is -0.492 e. The molecule has 0 unspecified atom stereocenters. The van der Waals surface area contributed by atoms with Crippen molar-refractivity contribution >= 4 is 16.8 Å². The van der Waals surface area contributed by atoms with Crippen molar-refractivity contribution in [2.45, 2.75) is 12.8 Å². The van der Waals surface area contributed by atoms with Gasteiger partial charge in [-0.1, -0.05) is 0 Å². The molecule has 1 heterocycles. The summed E-state index contributed by atoms with van der Waals surface area (Å²) in [5, 5.41) is -0.436. The second-order valence-corrected chi connectivity index (χ2v) is 4.54. The summed E-state index contributed by atoms with van der Waals surface area (Å²) in [6.45, 7) is 4.02. The number of carbonyl (C=O) groups excluding carboxylic acids is 1. The Morgan fingerprint density at radius 3 is 2.47 bits per heavy atom. The first-order valence-corrected chi connectivity index (χ1v) is 6.28. The first-order chi connectivity index (χ1) is 8.25. The summed E-state index contributed by atoms with van der Waals surface area (Å²) >= 11 is 5.36. The van der Waals surface area contributed by atoms with E-state index in [0.29, 0.717) is 12.2 Å². The normalized spacial score (nSPS) is 16.1. The molecule has 1 saturated heterocycles. The molecule has 0 aromatic heterocycles. The molecular weight excluding hydrogens is 238 g/mol. The lowest BCUT2D eigenvalue weighted by Crippen LogP contribution is -2.25. The summed E-state index contributed by atoms with van der Waals surface area (Å²) in [5.41, 5.74) is 0.499. The van der Waals surface area contributed by atoms with Crippen molar-refractivity contribution in [3.05, 3.63) is 29.8 Å². The van der Waals surface area contributed by atoms with E-state index in [1.807, 2.05) is 0 Å². The highest BCUT2D eigenvalue weighted by atomic mass is 35.5. The molecule has 1 aliphatic heterocycles. The maximum absolute atomic E-state index is 10.9. The van der Waals surface area contributed by atoms with Gasteiger partial charge in [0.2, 0.25) is 0 Å². The first-order valence-electron chi connectivity index (χ1n) is 5.91. The van der Waals surface area contributed by atoms with Crippen molar-refractivity contribution in [3.63, 3.8) is 0 Å². The Morgan fingerprint density at radius 2 is 1.88 bits per heavy atom. The van der Waals surface area contributed by atoms with Crippen LogP contribution in [0.4, 0.5) is 0 Å². The fourth-order valence-electron chi connectivity index (χ4n) is 1.98. The number of rotatable bonds is 5. The maximum atomic E-state index is 10.9. The molecule has 0 atom stereocenters. The minimum atomic E-state index is -0.436. The molecule has 0 aliphatic carbocycles. The zero-order chi connectivity index (χ0) is 12.1. The SMILES string of the molecule is O=C(Cl)c1ccc(OCCN2CCCC2)cc1. The molecule has 92 valence electrons. The molecule has 2 rings (SSSR count). The van der Waals surface area contributed by atoms with Crippen LogP contribution >= 0.6 is 11.6 Å². The molecule has 1 aromatic rings. The summed E-state index contributed by atoms with van der Waals surface area (Å²) in [6.07, 6.45) is 2.60. The second-order valence-electron chi connectivity index (χ2n) is 4.20. The van der Waals surface area contributed by atoms with Crippen LogP contribution in [-0.4, -0.2) is 36.4 Å². The molecule has 0 saturated carbocycles. The van der Waals surface area contributed by atoms with Crippen molar-refractivity contribution in [3.8, 4) is 5.75 Å². The van der Waals surface area contributed by atoms with Crippen LogP contribution in [0.1, 0.15) is 23.2 Å². The molecule has 17 heavy (non-hydrogen) atoms. The van der Waals surface area contributed by atoms with Gasteiger partial charge in [-0.2, -0.15) is 0 Å². The Hall–Kier alpha value is -1.06. The van der Waals surface area contributed by atoms with Crippen molar-refractivity contribution in [1.82, 2.24) is 4.90 Å². The molecule has 0 amide bonds. The number of hydrogen-bond donors (Lipinski definition) is 0. The van der Waals surface area contributed by atoms with Crippen LogP contribution in [0.25, 0.3) is 0 Å². The lowest BCUT2D eigenvalue weighted by molar-refractivity contribution is 0.108. The van der Waals surface area contributed by atoms with Gasteiger partial charge in [0.05, 0.1) is 0 Å². The second kappa shape index (κ2) is 6.03. The topological polar surface area (TPSA) is 29.5 Å². The minimum absolute atomic E-state index is 0.436. The molecule has 0 N–H and O–H groups in total. The van der Waals surface area contributed by atoms with Crippen LogP contribution < -0.4 is 4.74 Å². The van der Waals surface area contributed by atoms with Gasteiger partial charge in [0.25, 0.3) is 5.24 Å². The predicted molar refractivity (Wildman–Crippen MR) is 67.8 cm³/mol. The van der Waals surface area contributed by atoms with Crippen LogP contribution in [0.2, 0.25) is 0 Å². The van der Waals surface area contributed by atoms with Crippen LogP contribution in [0, 0.1) is 0 Å². The van der Waals surface area contributed by atoms with Crippen LogP contribution in [0.3, 0.4) is 0 Å². The van der Waals surface area contributed by atoms with Gasteiger partial charge in [-0.25, -0.2) is 0 Å². The summed E-state index contributed by atoms with van der Waals surface area (Å²) in [4.78, 5) is 13.3. The molecular formula is C13H16ClNO2. The molecule has 0 spiro atoms. The largest absolute Gasteiger partial charge is 0.492 e. The Labute approximate surface area is 106 Å². The third-order valence-electron chi connectivity index (χ3n) is 2.96. The summed E-state index contributed by atoms with van der Waals surface area (Å²) in [6, 6.07) is 6.92. The lowest BCUT2D eigenvalue weighted by atomic mass is 10.2. The van der Waals surface area contributed by atoms with Gasteiger partial charge >= 0.3 is 0 Å². The van der Waals surface area contributed by atoms with E-state index in [1.54, 1.807) is 24.3 Å². The Morgan fingerprint density at radius 1 is 1.24 bits per heavy atom. The quantitative estimate of drug-likeness (QED) is 0.756. The Balaban J connectivity index is 1.76. The van der Waals surface area contributed by atoms with Gasteiger partial charge in [-0.3, -0.25) is 9.69 Å². The number of hydrogen-bond acceptors (Lipinski definition) is 3. The monoisotopic (exact) mass is 253 g/mol. The lowest BCUT2D eigenvalue weighted by Gasteiger charge is -2.14. The average molecular weight is 254 g/mol. The van der Waals surface area contributed by atoms with Gasteiger partial charge in [0, 0.05) is 12.1 Å².